The molecule has 1 aromatic heterocycles. The van der Waals surface area contributed by atoms with Gasteiger partial charge in [0.1, 0.15) is 0 Å². The fourth-order valence-electron chi connectivity index (χ4n) is 3.86. The van der Waals surface area contributed by atoms with Gasteiger partial charge < -0.3 is 15.0 Å². The topological polar surface area (TPSA) is 67.4 Å². The van der Waals surface area contributed by atoms with Gasteiger partial charge >= 0.3 is 0 Å². The predicted octanol–water partition coefficient (Wildman–Crippen LogP) is 3.48. The van der Waals surface area contributed by atoms with Crippen LogP contribution in [-0.2, 0) is 11.3 Å². The minimum Gasteiger partial charge on any atom is -0.478 e. The minimum atomic E-state index is -0.0773. The van der Waals surface area contributed by atoms with E-state index in [2.05, 4.69) is 34.3 Å². The molecule has 150 valence electrons. The molecular weight excluding hydrogens is 364 g/mol. The van der Waals surface area contributed by atoms with Crippen molar-refractivity contribution in [2.24, 2.45) is 5.92 Å². The molecule has 2 aromatic carbocycles. The van der Waals surface area contributed by atoms with Crippen molar-refractivity contribution in [3.8, 4) is 5.88 Å². The van der Waals surface area contributed by atoms with Crippen LogP contribution < -0.4 is 15.0 Å². The van der Waals surface area contributed by atoms with Gasteiger partial charge in [0, 0.05) is 19.6 Å². The van der Waals surface area contributed by atoms with Crippen LogP contribution in [0, 0.1) is 12.8 Å². The van der Waals surface area contributed by atoms with Crippen LogP contribution in [0.25, 0.3) is 11.0 Å². The third-order valence-corrected chi connectivity index (χ3v) is 5.36. The van der Waals surface area contributed by atoms with Crippen molar-refractivity contribution in [2.45, 2.75) is 26.3 Å². The predicted molar refractivity (Wildman–Crippen MR) is 114 cm³/mol. The molecule has 0 aliphatic carbocycles. The number of piperidine rings is 1. The Morgan fingerprint density at radius 2 is 1.97 bits per heavy atom. The maximum absolute atomic E-state index is 12.8. The quantitative estimate of drug-likeness (QED) is 0.722. The monoisotopic (exact) mass is 390 g/mol. The molecule has 0 bridgehead atoms. The highest BCUT2D eigenvalue weighted by atomic mass is 16.5. The van der Waals surface area contributed by atoms with Crippen LogP contribution in [0.1, 0.15) is 24.0 Å². The number of hydrogen-bond donors (Lipinski definition) is 1. The van der Waals surface area contributed by atoms with Gasteiger partial charge in [0.15, 0.2) is 5.82 Å². The van der Waals surface area contributed by atoms with Gasteiger partial charge in [-0.05, 0) is 37.5 Å². The molecule has 1 aliphatic rings. The summed E-state index contributed by atoms with van der Waals surface area (Å²) in [5, 5.41) is 3.09. The second-order valence-electron chi connectivity index (χ2n) is 7.54. The molecular formula is C23H26N4O2. The van der Waals surface area contributed by atoms with Gasteiger partial charge in [-0.2, -0.15) is 0 Å². The van der Waals surface area contributed by atoms with Crippen LogP contribution in [-0.4, -0.2) is 36.1 Å². The van der Waals surface area contributed by atoms with Gasteiger partial charge in [0.05, 0.1) is 24.1 Å². The number of benzene rings is 2. The molecule has 1 fully saturated rings. The molecule has 6 heteroatoms. The smallest absolute Gasteiger partial charge is 0.257 e. The Bertz CT molecular complexity index is 1020. The number of ether oxygens (including phenoxy) is 1. The van der Waals surface area contributed by atoms with Gasteiger partial charge in [-0.25, -0.2) is 9.97 Å². The van der Waals surface area contributed by atoms with E-state index in [9.17, 15) is 4.79 Å². The highest BCUT2D eigenvalue weighted by Crippen LogP contribution is 2.30. The number of carbonyl (C=O) groups excluding carboxylic acids is 1. The van der Waals surface area contributed by atoms with E-state index >= 15 is 0 Å². The highest BCUT2D eigenvalue weighted by Gasteiger charge is 2.28. The average molecular weight is 390 g/mol. The lowest BCUT2D eigenvalue weighted by Gasteiger charge is -2.33. The van der Waals surface area contributed by atoms with E-state index in [1.807, 2.05) is 36.4 Å². The Balaban J connectivity index is 1.48. The first-order chi connectivity index (χ1) is 14.1. The molecule has 1 saturated heterocycles. The number of rotatable bonds is 5. The molecule has 1 atom stereocenters. The molecule has 29 heavy (non-hydrogen) atoms. The number of anilines is 1. The Morgan fingerprint density at radius 1 is 1.17 bits per heavy atom. The molecule has 2 heterocycles. The second kappa shape index (κ2) is 8.47. The lowest BCUT2D eigenvalue weighted by molar-refractivity contribution is -0.125. The number of nitrogens with one attached hydrogen (secondary N) is 1. The molecule has 4 rings (SSSR count). The summed E-state index contributed by atoms with van der Waals surface area (Å²) < 4.78 is 5.50. The average Bonchev–Trinajstić information content (AvgIpc) is 2.76. The van der Waals surface area contributed by atoms with Gasteiger partial charge in [-0.15, -0.1) is 0 Å². The number of hydrogen-bond acceptors (Lipinski definition) is 5. The van der Waals surface area contributed by atoms with Gasteiger partial charge in [0.25, 0.3) is 5.88 Å². The molecule has 6 nitrogen and oxygen atoms in total. The largest absolute Gasteiger partial charge is 0.478 e. The SMILES string of the molecule is COc1nc2ccccc2nc1N1CCC[C@@H](C(=O)NCc2cccc(C)c2)C1. The third kappa shape index (κ3) is 4.31. The standard InChI is InChI=1S/C23H26N4O2/c1-16-7-5-8-17(13-16)14-24-22(28)18-9-6-12-27(15-18)21-23(29-2)26-20-11-4-3-10-19(20)25-21/h3-5,7-8,10-11,13,18H,6,9,12,14-15H2,1-2H3,(H,24,28)/t18-/m1/s1. The summed E-state index contributed by atoms with van der Waals surface area (Å²) in [7, 11) is 1.61. The van der Waals surface area contributed by atoms with Crippen LogP contribution in [0.2, 0.25) is 0 Å². The molecule has 0 spiro atoms. The summed E-state index contributed by atoms with van der Waals surface area (Å²) in [5.74, 6) is 1.22. The Kier molecular flexibility index (Phi) is 5.60. The first-order valence-electron chi connectivity index (χ1n) is 10.0. The maximum Gasteiger partial charge on any atom is 0.257 e. The van der Waals surface area contributed by atoms with E-state index in [0.29, 0.717) is 24.8 Å². The zero-order chi connectivity index (χ0) is 20.2. The van der Waals surface area contributed by atoms with Crippen molar-refractivity contribution in [1.29, 1.82) is 0 Å². The third-order valence-electron chi connectivity index (χ3n) is 5.36. The van der Waals surface area contributed by atoms with Crippen LogP contribution in [0.3, 0.4) is 0 Å². The number of methoxy groups -OCH3 is 1. The summed E-state index contributed by atoms with van der Waals surface area (Å²) in [6, 6.07) is 16.0. The van der Waals surface area contributed by atoms with Crippen molar-refractivity contribution in [3.63, 3.8) is 0 Å². The fourth-order valence-corrected chi connectivity index (χ4v) is 3.86. The molecule has 1 aliphatic heterocycles. The number of para-hydroxylation sites is 2. The Hall–Kier alpha value is -3.15. The number of nitrogens with zero attached hydrogens (tertiary/aromatic N) is 3. The van der Waals surface area contributed by atoms with E-state index in [0.717, 1.165) is 36.0 Å². The normalized spacial score (nSPS) is 16.6. The second-order valence-corrected chi connectivity index (χ2v) is 7.54. The molecule has 0 radical (unpaired) electrons. The van der Waals surface area contributed by atoms with E-state index in [1.54, 1.807) is 7.11 Å². The van der Waals surface area contributed by atoms with Crippen LogP contribution in [0.5, 0.6) is 5.88 Å². The maximum atomic E-state index is 12.8. The zero-order valence-electron chi connectivity index (χ0n) is 16.9. The number of aromatic nitrogens is 2. The Labute approximate surface area is 170 Å². The summed E-state index contributed by atoms with van der Waals surface area (Å²) in [6.07, 6.45) is 1.81. The lowest BCUT2D eigenvalue weighted by atomic mass is 9.97. The lowest BCUT2D eigenvalue weighted by Crippen LogP contribution is -2.43. The van der Waals surface area contributed by atoms with Gasteiger partial charge in [-0.3, -0.25) is 4.79 Å². The van der Waals surface area contributed by atoms with Crippen molar-refractivity contribution in [1.82, 2.24) is 15.3 Å². The van der Waals surface area contributed by atoms with Gasteiger partial charge in [0.2, 0.25) is 5.91 Å². The summed E-state index contributed by atoms with van der Waals surface area (Å²) >= 11 is 0. The number of amides is 1. The zero-order valence-corrected chi connectivity index (χ0v) is 16.9. The van der Waals surface area contributed by atoms with Crippen LogP contribution in [0.15, 0.2) is 48.5 Å². The Morgan fingerprint density at radius 3 is 2.72 bits per heavy atom. The van der Waals surface area contributed by atoms with E-state index < -0.39 is 0 Å². The molecule has 0 unspecified atom stereocenters. The molecule has 0 saturated carbocycles. The van der Waals surface area contributed by atoms with Crippen molar-refractivity contribution >= 4 is 22.8 Å². The van der Waals surface area contributed by atoms with E-state index in [-0.39, 0.29) is 11.8 Å². The minimum absolute atomic E-state index is 0.0773. The van der Waals surface area contributed by atoms with Crippen LogP contribution in [0.4, 0.5) is 5.82 Å². The van der Waals surface area contributed by atoms with Crippen LogP contribution >= 0.6 is 0 Å². The summed E-state index contributed by atoms with van der Waals surface area (Å²) in [6.45, 7) is 4.06. The van der Waals surface area contributed by atoms with Gasteiger partial charge in [-0.1, -0.05) is 42.0 Å². The number of fused-ring (bicyclic) bond motifs is 1. The summed E-state index contributed by atoms with van der Waals surface area (Å²) in [4.78, 5) is 24.3. The first-order valence-corrected chi connectivity index (χ1v) is 10.0. The number of carbonyl (C=O) groups is 1. The van der Waals surface area contributed by atoms with E-state index in [4.69, 9.17) is 9.72 Å². The molecule has 1 N–H and O–H groups in total. The van der Waals surface area contributed by atoms with Crippen molar-refractivity contribution in [3.05, 3.63) is 59.7 Å². The van der Waals surface area contributed by atoms with Crippen molar-refractivity contribution in [2.75, 3.05) is 25.1 Å². The highest BCUT2D eigenvalue weighted by molar-refractivity contribution is 5.80. The van der Waals surface area contributed by atoms with Crippen molar-refractivity contribution < 1.29 is 9.53 Å². The molecule has 3 aromatic rings. The van der Waals surface area contributed by atoms with E-state index in [1.165, 1.54) is 5.56 Å². The summed E-state index contributed by atoms with van der Waals surface area (Å²) in [5.41, 5.74) is 3.95. The fraction of sp³-hybridized carbons (Fsp3) is 0.348. The first kappa shape index (κ1) is 19.2. The number of aryl methyl sites for hydroxylation is 1. The molecule has 1 amide bonds.